The van der Waals surface area contributed by atoms with Gasteiger partial charge in [0.2, 0.25) is 5.60 Å². The van der Waals surface area contributed by atoms with Crippen LogP contribution in [0.15, 0.2) is 12.1 Å². The summed E-state index contributed by atoms with van der Waals surface area (Å²) in [6.45, 7) is 1.50. The number of aliphatic carboxylic acids is 1. The molecular formula is C14H16O7. The maximum Gasteiger partial charge on any atom is 0.343 e. The molecule has 0 fully saturated rings. The van der Waals surface area contributed by atoms with Gasteiger partial charge >= 0.3 is 11.9 Å². The van der Waals surface area contributed by atoms with Crippen molar-refractivity contribution in [2.45, 2.75) is 25.0 Å². The number of hydrogen-bond acceptors (Lipinski definition) is 6. The van der Waals surface area contributed by atoms with Crippen LogP contribution in [0.3, 0.4) is 0 Å². The second kappa shape index (κ2) is 5.25. The van der Waals surface area contributed by atoms with Crippen molar-refractivity contribution in [1.82, 2.24) is 0 Å². The predicted molar refractivity (Wildman–Crippen MR) is 70.6 cm³/mol. The maximum atomic E-state index is 12.0. The summed E-state index contributed by atoms with van der Waals surface area (Å²) in [7, 11) is 2.78. The Kier molecular flexibility index (Phi) is 3.78. The topological polar surface area (TPSA) is 102 Å². The van der Waals surface area contributed by atoms with E-state index in [9.17, 15) is 19.8 Å². The number of fused-ring (bicyclic) bond motifs is 1. The number of esters is 1. The van der Waals surface area contributed by atoms with Crippen LogP contribution < -0.4 is 9.47 Å². The van der Waals surface area contributed by atoms with E-state index in [0.717, 1.165) is 0 Å². The van der Waals surface area contributed by atoms with Crippen LogP contribution in [0.4, 0.5) is 0 Å². The molecule has 7 nitrogen and oxygen atoms in total. The molecule has 0 aliphatic carbocycles. The first-order valence-electron chi connectivity index (χ1n) is 6.32. The van der Waals surface area contributed by atoms with Gasteiger partial charge in [-0.2, -0.15) is 0 Å². The van der Waals surface area contributed by atoms with Crippen LogP contribution in [0.1, 0.15) is 35.4 Å². The fraction of sp³-hybridized carbons (Fsp3) is 0.429. The van der Waals surface area contributed by atoms with Crippen LogP contribution in [0.5, 0.6) is 11.5 Å². The SMILES string of the molecule is CCC(O)(C(=O)O)C1OC(=O)c2c1ccc(OC)c2OC. The van der Waals surface area contributed by atoms with Crippen molar-refractivity contribution in [3.05, 3.63) is 23.3 Å². The van der Waals surface area contributed by atoms with Crippen molar-refractivity contribution in [2.24, 2.45) is 0 Å². The highest BCUT2D eigenvalue weighted by Gasteiger charge is 2.52. The molecule has 2 unspecified atom stereocenters. The maximum absolute atomic E-state index is 12.0. The first-order chi connectivity index (χ1) is 9.90. The standard InChI is InChI=1S/C14H16O7/c1-4-14(18,13(16)17)11-7-5-6-8(19-2)10(20-3)9(7)12(15)21-11/h5-6,11,18H,4H2,1-3H3,(H,16,17). The Bertz CT molecular complexity index is 595. The highest BCUT2D eigenvalue weighted by atomic mass is 16.6. The molecule has 1 aliphatic heterocycles. The van der Waals surface area contributed by atoms with E-state index in [1.54, 1.807) is 0 Å². The molecule has 2 N–H and O–H groups in total. The van der Waals surface area contributed by atoms with Crippen molar-refractivity contribution in [2.75, 3.05) is 14.2 Å². The minimum atomic E-state index is -2.19. The van der Waals surface area contributed by atoms with Crippen molar-refractivity contribution < 1.29 is 34.0 Å². The lowest BCUT2D eigenvalue weighted by atomic mass is 9.87. The zero-order chi connectivity index (χ0) is 15.8. The number of methoxy groups -OCH3 is 2. The van der Waals surface area contributed by atoms with E-state index in [1.165, 1.54) is 33.3 Å². The van der Waals surface area contributed by atoms with E-state index < -0.39 is 23.6 Å². The number of carbonyl (C=O) groups is 2. The number of benzene rings is 1. The van der Waals surface area contributed by atoms with Crippen LogP contribution >= 0.6 is 0 Å². The van der Waals surface area contributed by atoms with E-state index in [0.29, 0.717) is 5.75 Å². The third-order valence-corrected chi connectivity index (χ3v) is 3.63. The molecule has 0 saturated carbocycles. The second-order valence-electron chi connectivity index (χ2n) is 4.63. The molecule has 114 valence electrons. The largest absolute Gasteiger partial charge is 0.493 e. The summed E-state index contributed by atoms with van der Waals surface area (Å²) in [4.78, 5) is 23.4. The molecule has 0 radical (unpaired) electrons. The summed E-state index contributed by atoms with van der Waals surface area (Å²) in [5.41, 5.74) is -1.85. The molecule has 0 bridgehead atoms. The first kappa shape index (κ1) is 15.1. The number of hydrogen-bond donors (Lipinski definition) is 2. The fourth-order valence-corrected chi connectivity index (χ4v) is 2.40. The van der Waals surface area contributed by atoms with E-state index in [2.05, 4.69) is 0 Å². The number of rotatable bonds is 5. The van der Waals surface area contributed by atoms with Crippen molar-refractivity contribution >= 4 is 11.9 Å². The third-order valence-electron chi connectivity index (χ3n) is 3.63. The summed E-state index contributed by atoms with van der Waals surface area (Å²) < 4.78 is 15.3. The smallest absolute Gasteiger partial charge is 0.343 e. The van der Waals surface area contributed by atoms with Gasteiger partial charge in [0.25, 0.3) is 0 Å². The monoisotopic (exact) mass is 296 g/mol. The molecule has 0 saturated heterocycles. The van der Waals surface area contributed by atoms with E-state index in [4.69, 9.17) is 14.2 Å². The number of cyclic esters (lactones) is 1. The van der Waals surface area contributed by atoms with Gasteiger partial charge in [0.15, 0.2) is 17.6 Å². The summed E-state index contributed by atoms with van der Waals surface area (Å²) in [5, 5.41) is 19.5. The minimum Gasteiger partial charge on any atom is -0.493 e. The number of carboxylic acids is 1. The highest BCUT2D eigenvalue weighted by molar-refractivity contribution is 5.99. The number of carbonyl (C=O) groups excluding carboxylic acids is 1. The van der Waals surface area contributed by atoms with Gasteiger partial charge in [0, 0.05) is 5.56 Å². The lowest BCUT2D eigenvalue weighted by Gasteiger charge is -2.27. The van der Waals surface area contributed by atoms with E-state index >= 15 is 0 Å². The number of ether oxygens (including phenoxy) is 3. The lowest BCUT2D eigenvalue weighted by Crippen LogP contribution is -2.44. The number of aliphatic hydroxyl groups is 1. The molecule has 1 aromatic rings. The van der Waals surface area contributed by atoms with Crippen LogP contribution in [-0.4, -0.2) is 42.0 Å². The van der Waals surface area contributed by atoms with Crippen molar-refractivity contribution in [3.8, 4) is 11.5 Å². The fourth-order valence-electron chi connectivity index (χ4n) is 2.40. The Hall–Kier alpha value is -2.28. The molecule has 0 amide bonds. The molecule has 2 atom stereocenters. The van der Waals surface area contributed by atoms with Gasteiger partial charge < -0.3 is 24.4 Å². The minimum absolute atomic E-state index is 0.0787. The van der Waals surface area contributed by atoms with Crippen molar-refractivity contribution in [3.63, 3.8) is 0 Å². The second-order valence-corrected chi connectivity index (χ2v) is 4.63. The highest BCUT2D eigenvalue weighted by Crippen LogP contribution is 2.46. The van der Waals surface area contributed by atoms with Crippen LogP contribution in [0.25, 0.3) is 0 Å². The first-order valence-corrected chi connectivity index (χ1v) is 6.32. The van der Waals surface area contributed by atoms with Gasteiger partial charge in [0.05, 0.1) is 14.2 Å². The Morgan fingerprint density at radius 1 is 1.38 bits per heavy atom. The van der Waals surface area contributed by atoms with E-state index in [-0.39, 0.29) is 23.3 Å². The molecule has 0 aromatic heterocycles. The molecule has 21 heavy (non-hydrogen) atoms. The van der Waals surface area contributed by atoms with Crippen LogP contribution in [-0.2, 0) is 9.53 Å². The quantitative estimate of drug-likeness (QED) is 0.785. The molecule has 1 heterocycles. The molecule has 7 heteroatoms. The van der Waals surface area contributed by atoms with Crippen LogP contribution in [0.2, 0.25) is 0 Å². The summed E-state index contributed by atoms with van der Waals surface area (Å²) >= 11 is 0. The molecular weight excluding hydrogens is 280 g/mol. The molecule has 0 spiro atoms. The average molecular weight is 296 g/mol. The Labute approximate surface area is 121 Å². The summed E-state index contributed by atoms with van der Waals surface area (Å²) in [6, 6.07) is 3.03. The normalized spacial score (nSPS) is 19.4. The van der Waals surface area contributed by atoms with Gasteiger partial charge in [-0.05, 0) is 12.5 Å². The molecule has 2 rings (SSSR count). The van der Waals surface area contributed by atoms with Gasteiger partial charge in [-0.3, -0.25) is 0 Å². The van der Waals surface area contributed by atoms with Gasteiger partial charge in [-0.1, -0.05) is 13.0 Å². The summed E-state index contributed by atoms with van der Waals surface area (Å²) in [6.07, 6.45) is -1.41. The molecule has 1 aliphatic rings. The van der Waals surface area contributed by atoms with Crippen LogP contribution in [0, 0.1) is 0 Å². The van der Waals surface area contributed by atoms with Gasteiger partial charge in [-0.25, -0.2) is 9.59 Å². The summed E-state index contributed by atoms with van der Waals surface area (Å²) in [5.74, 6) is -1.72. The Balaban J connectivity index is 2.62. The zero-order valence-electron chi connectivity index (χ0n) is 11.9. The Morgan fingerprint density at radius 3 is 2.52 bits per heavy atom. The third kappa shape index (κ3) is 2.09. The van der Waals surface area contributed by atoms with Crippen molar-refractivity contribution in [1.29, 1.82) is 0 Å². The Morgan fingerprint density at radius 2 is 2.05 bits per heavy atom. The van der Waals surface area contributed by atoms with Gasteiger partial charge in [-0.15, -0.1) is 0 Å². The lowest BCUT2D eigenvalue weighted by molar-refractivity contribution is -0.172. The van der Waals surface area contributed by atoms with Gasteiger partial charge in [0.1, 0.15) is 5.56 Å². The predicted octanol–water partition coefficient (Wildman–Crippen LogP) is 1.14. The zero-order valence-corrected chi connectivity index (χ0v) is 11.9. The number of carboxylic acid groups (broad SMARTS) is 1. The van der Waals surface area contributed by atoms with E-state index in [1.807, 2.05) is 0 Å². The molecule has 1 aromatic carbocycles. The average Bonchev–Trinajstić information content (AvgIpc) is 2.82.